The van der Waals surface area contributed by atoms with E-state index in [1.54, 1.807) is 7.11 Å². The van der Waals surface area contributed by atoms with Gasteiger partial charge in [0.2, 0.25) is 0 Å². The molecule has 118 valence electrons. The molecule has 0 saturated carbocycles. The van der Waals surface area contributed by atoms with E-state index in [1.165, 1.54) is 6.42 Å². The van der Waals surface area contributed by atoms with Gasteiger partial charge in [-0.15, -0.1) is 0 Å². The molecule has 1 aromatic rings. The van der Waals surface area contributed by atoms with Crippen LogP contribution in [0.2, 0.25) is 0 Å². The van der Waals surface area contributed by atoms with Crippen LogP contribution < -0.4 is 10.2 Å². The van der Waals surface area contributed by atoms with Crippen molar-refractivity contribution in [1.82, 2.24) is 9.97 Å². The van der Waals surface area contributed by atoms with Gasteiger partial charge in [-0.3, -0.25) is 0 Å². The molecule has 1 N–H and O–H groups in total. The smallest absolute Gasteiger partial charge is 0.158 e. The number of aromatic nitrogens is 2. The Labute approximate surface area is 128 Å². The predicted molar refractivity (Wildman–Crippen MR) is 86.7 cm³/mol. The highest BCUT2D eigenvalue weighted by atomic mass is 16.5. The van der Waals surface area contributed by atoms with Gasteiger partial charge in [-0.05, 0) is 32.1 Å². The van der Waals surface area contributed by atoms with Crippen molar-refractivity contribution < 1.29 is 4.74 Å². The minimum Gasteiger partial charge on any atom is -0.377 e. The number of anilines is 2. The van der Waals surface area contributed by atoms with Crippen LogP contribution in [0.1, 0.15) is 39.9 Å². The fourth-order valence-corrected chi connectivity index (χ4v) is 3.11. The highest BCUT2D eigenvalue weighted by Gasteiger charge is 2.30. The Morgan fingerprint density at radius 1 is 1.33 bits per heavy atom. The van der Waals surface area contributed by atoms with Crippen LogP contribution in [0.4, 0.5) is 11.6 Å². The molecule has 2 heterocycles. The fraction of sp³-hybridized carbons (Fsp3) is 0.750. The highest BCUT2D eigenvalue weighted by Crippen LogP contribution is 2.31. The molecule has 5 nitrogen and oxygen atoms in total. The van der Waals surface area contributed by atoms with Crippen LogP contribution in [0.15, 0.2) is 6.07 Å². The van der Waals surface area contributed by atoms with Crippen LogP contribution >= 0.6 is 0 Å². The molecule has 2 rings (SSSR count). The summed E-state index contributed by atoms with van der Waals surface area (Å²) in [4.78, 5) is 11.6. The molecule has 3 atom stereocenters. The summed E-state index contributed by atoms with van der Waals surface area (Å²) in [6.45, 7) is 11.4. The van der Waals surface area contributed by atoms with E-state index in [9.17, 15) is 0 Å². The van der Waals surface area contributed by atoms with Crippen LogP contribution in [-0.4, -0.2) is 36.2 Å². The summed E-state index contributed by atoms with van der Waals surface area (Å²) >= 11 is 0. The maximum atomic E-state index is 5.20. The topological polar surface area (TPSA) is 50.3 Å². The Morgan fingerprint density at radius 2 is 2.10 bits per heavy atom. The second-order valence-electron chi connectivity index (χ2n) is 6.20. The number of hydrogen-bond acceptors (Lipinski definition) is 5. The molecule has 1 aromatic heterocycles. The van der Waals surface area contributed by atoms with E-state index in [2.05, 4.69) is 49.0 Å². The van der Waals surface area contributed by atoms with Gasteiger partial charge in [0.05, 0.1) is 0 Å². The van der Waals surface area contributed by atoms with Crippen molar-refractivity contribution in [2.75, 3.05) is 30.4 Å². The number of nitrogens with one attached hydrogen (secondary N) is 1. The summed E-state index contributed by atoms with van der Waals surface area (Å²) in [6, 6.07) is 2.56. The Hall–Kier alpha value is -1.36. The second-order valence-corrected chi connectivity index (χ2v) is 6.20. The molecular weight excluding hydrogens is 264 g/mol. The van der Waals surface area contributed by atoms with E-state index >= 15 is 0 Å². The zero-order valence-corrected chi connectivity index (χ0v) is 13.9. The number of methoxy groups -OCH3 is 1. The average molecular weight is 292 g/mol. The Bertz CT molecular complexity index is 441. The largest absolute Gasteiger partial charge is 0.377 e. The van der Waals surface area contributed by atoms with Crippen molar-refractivity contribution in [3.63, 3.8) is 0 Å². The minimum atomic E-state index is 0.444. The number of nitrogens with zero attached hydrogens (tertiary/aromatic N) is 3. The summed E-state index contributed by atoms with van der Waals surface area (Å²) in [5, 5.41) is 3.29. The van der Waals surface area contributed by atoms with Crippen molar-refractivity contribution in [3.8, 4) is 0 Å². The molecule has 21 heavy (non-hydrogen) atoms. The van der Waals surface area contributed by atoms with Crippen LogP contribution in [-0.2, 0) is 11.3 Å². The number of piperidine rings is 1. The van der Waals surface area contributed by atoms with Gasteiger partial charge in [0.25, 0.3) is 0 Å². The number of rotatable bonds is 5. The van der Waals surface area contributed by atoms with E-state index in [4.69, 9.17) is 9.72 Å². The van der Waals surface area contributed by atoms with Gasteiger partial charge >= 0.3 is 0 Å². The summed E-state index contributed by atoms with van der Waals surface area (Å²) in [6.07, 6.45) is 1.29. The van der Waals surface area contributed by atoms with Crippen molar-refractivity contribution in [2.45, 2.75) is 46.8 Å². The van der Waals surface area contributed by atoms with E-state index in [-0.39, 0.29) is 0 Å². The third kappa shape index (κ3) is 3.84. The quantitative estimate of drug-likeness (QED) is 0.904. The van der Waals surface area contributed by atoms with E-state index in [1.807, 2.05) is 0 Å². The first kappa shape index (κ1) is 16.0. The average Bonchev–Trinajstić information content (AvgIpc) is 2.43. The van der Waals surface area contributed by atoms with Gasteiger partial charge in [-0.1, -0.05) is 13.8 Å². The zero-order chi connectivity index (χ0) is 15.4. The minimum absolute atomic E-state index is 0.444. The molecule has 0 aromatic carbocycles. The monoisotopic (exact) mass is 292 g/mol. The van der Waals surface area contributed by atoms with Crippen LogP contribution in [0, 0.1) is 11.8 Å². The molecule has 0 aliphatic carbocycles. The summed E-state index contributed by atoms with van der Waals surface area (Å²) in [5.74, 6) is 4.01. The van der Waals surface area contributed by atoms with Gasteiger partial charge in [-0.25, -0.2) is 9.97 Å². The first-order valence-electron chi connectivity index (χ1n) is 7.92. The summed E-state index contributed by atoms with van der Waals surface area (Å²) in [5.41, 5.74) is 0. The van der Waals surface area contributed by atoms with Gasteiger partial charge in [0.15, 0.2) is 5.82 Å². The van der Waals surface area contributed by atoms with Crippen LogP contribution in [0.5, 0.6) is 0 Å². The Kier molecular flexibility index (Phi) is 5.39. The predicted octanol–water partition coefficient (Wildman–Crippen LogP) is 2.93. The second kappa shape index (κ2) is 7.07. The lowest BCUT2D eigenvalue weighted by Crippen LogP contribution is -2.46. The van der Waals surface area contributed by atoms with Crippen LogP contribution in [0.25, 0.3) is 0 Å². The van der Waals surface area contributed by atoms with Gasteiger partial charge in [0, 0.05) is 32.3 Å². The van der Waals surface area contributed by atoms with Crippen LogP contribution in [0.3, 0.4) is 0 Å². The third-order valence-corrected chi connectivity index (χ3v) is 4.28. The van der Waals surface area contributed by atoms with E-state index < -0.39 is 0 Å². The molecule has 1 aliphatic heterocycles. The number of ether oxygens (including phenoxy) is 1. The maximum Gasteiger partial charge on any atom is 0.158 e. The molecule has 0 spiro atoms. The van der Waals surface area contributed by atoms with Crippen molar-refractivity contribution in [1.29, 1.82) is 0 Å². The van der Waals surface area contributed by atoms with Crippen molar-refractivity contribution in [3.05, 3.63) is 11.9 Å². The molecule has 0 radical (unpaired) electrons. The van der Waals surface area contributed by atoms with Gasteiger partial charge < -0.3 is 15.0 Å². The molecule has 0 amide bonds. The summed E-state index contributed by atoms with van der Waals surface area (Å²) < 4.78 is 5.20. The zero-order valence-electron chi connectivity index (χ0n) is 13.9. The fourth-order valence-electron chi connectivity index (χ4n) is 3.11. The first-order chi connectivity index (χ1) is 10.0. The SMILES string of the molecule is CCNc1cc(N2CC(C)CC(C)C2C)nc(COC)n1. The van der Waals surface area contributed by atoms with Gasteiger partial charge in [0.1, 0.15) is 18.2 Å². The van der Waals surface area contributed by atoms with Gasteiger partial charge in [-0.2, -0.15) is 0 Å². The molecule has 5 heteroatoms. The summed E-state index contributed by atoms with van der Waals surface area (Å²) in [7, 11) is 1.68. The molecule has 1 saturated heterocycles. The molecule has 1 aliphatic rings. The lowest BCUT2D eigenvalue weighted by atomic mass is 9.86. The molecule has 1 fully saturated rings. The molecule has 3 unspecified atom stereocenters. The lowest BCUT2D eigenvalue weighted by Gasteiger charge is -2.42. The Morgan fingerprint density at radius 3 is 2.76 bits per heavy atom. The number of hydrogen-bond donors (Lipinski definition) is 1. The van der Waals surface area contributed by atoms with E-state index in [0.29, 0.717) is 24.5 Å². The Balaban J connectivity index is 2.31. The molecular formula is C16H28N4O. The van der Waals surface area contributed by atoms with Crippen molar-refractivity contribution >= 4 is 11.6 Å². The highest BCUT2D eigenvalue weighted by molar-refractivity contribution is 5.50. The maximum absolute atomic E-state index is 5.20. The normalized spacial score (nSPS) is 26.0. The van der Waals surface area contributed by atoms with E-state index in [0.717, 1.165) is 30.5 Å². The third-order valence-electron chi connectivity index (χ3n) is 4.28. The molecule has 0 bridgehead atoms. The standard InChI is InChI=1S/C16H28N4O/c1-6-17-14-8-16(19-15(18-14)10-21-5)20-9-11(2)7-12(3)13(20)4/h8,11-13H,6-7,9-10H2,1-5H3,(H,17,18,19). The first-order valence-corrected chi connectivity index (χ1v) is 7.92. The lowest BCUT2D eigenvalue weighted by molar-refractivity contribution is 0.178. The van der Waals surface area contributed by atoms with Crippen molar-refractivity contribution in [2.24, 2.45) is 11.8 Å².